The average molecular weight is 261 g/mol. The number of ether oxygens (including phenoxy) is 1. The van der Waals surface area contributed by atoms with E-state index in [2.05, 4.69) is 9.97 Å². The molecular formula is C13H15N3OS. The molecule has 0 aromatic carbocycles. The molecule has 1 atom stereocenters. The molecule has 1 aliphatic rings. The van der Waals surface area contributed by atoms with Gasteiger partial charge in [-0.3, -0.25) is 0 Å². The Bertz CT molecular complexity index is 550. The highest BCUT2D eigenvalue weighted by Gasteiger charge is 2.22. The smallest absolute Gasteiger partial charge is 0.212 e. The van der Waals surface area contributed by atoms with Crippen LogP contribution in [0.4, 0.5) is 0 Å². The molecule has 18 heavy (non-hydrogen) atoms. The lowest BCUT2D eigenvalue weighted by Gasteiger charge is -2.15. The van der Waals surface area contributed by atoms with Gasteiger partial charge in [-0.2, -0.15) is 0 Å². The van der Waals surface area contributed by atoms with Crippen LogP contribution in [0, 0.1) is 0 Å². The summed E-state index contributed by atoms with van der Waals surface area (Å²) < 4.78 is 5.06. The molecular weight excluding hydrogens is 246 g/mol. The lowest BCUT2D eigenvalue weighted by Crippen LogP contribution is -2.15. The third kappa shape index (κ3) is 2.00. The first-order chi connectivity index (χ1) is 8.78. The fourth-order valence-corrected chi connectivity index (χ4v) is 3.34. The fourth-order valence-electron chi connectivity index (χ4n) is 2.20. The normalized spacial score (nSPS) is 18.4. The second-order valence-corrected chi connectivity index (χ2v) is 5.45. The number of pyridine rings is 1. The molecule has 94 valence electrons. The summed E-state index contributed by atoms with van der Waals surface area (Å²) in [4.78, 5) is 10.1. The fraction of sp³-hybridized carbons (Fsp3) is 0.385. The molecule has 1 unspecified atom stereocenters. The van der Waals surface area contributed by atoms with Gasteiger partial charge in [0.05, 0.1) is 12.8 Å². The summed E-state index contributed by atoms with van der Waals surface area (Å²) in [6, 6.07) is 4.00. The summed E-state index contributed by atoms with van der Waals surface area (Å²) in [6.45, 7) is 0. The Kier molecular flexibility index (Phi) is 3.01. The number of hydrogen-bond acceptors (Lipinski definition) is 5. The van der Waals surface area contributed by atoms with Crippen LogP contribution < -0.4 is 10.5 Å². The molecule has 0 saturated heterocycles. The standard InChI is InChI=1S/C13H15N3OS/c1-17-11-6-5-8(7-15-11)13-16-10-4-2-3-9(14)12(10)18-13/h5-7,9H,2-4,14H2,1H3. The summed E-state index contributed by atoms with van der Waals surface area (Å²) in [5, 5.41) is 1.01. The Morgan fingerprint density at radius 2 is 2.33 bits per heavy atom. The minimum absolute atomic E-state index is 0.159. The summed E-state index contributed by atoms with van der Waals surface area (Å²) in [5.74, 6) is 0.622. The molecule has 0 radical (unpaired) electrons. The maximum absolute atomic E-state index is 6.12. The van der Waals surface area contributed by atoms with Crippen molar-refractivity contribution in [2.45, 2.75) is 25.3 Å². The van der Waals surface area contributed by atoms with Gasteiger partial charge in [-0.25, -0.2) is 9.97 Å². The molecule has 1 aliphatic carbocycles. The van der Waals surface area contributed by atoms with Gasteiger partial charge in [-0.05, 0) is 25.3 Å². The van der Waals surface area contributed by atoms with E-state index in [1.807, 2.05) is 12.1 Å². The van der Waals surface area contributed by atoms with Crippen LogP contribution in [0.15, 0.2) is 18.3 Å². The summed E-state index contributed by atoms with van der Waals surface area (Å²) in [7, 11) is 1.61. The van der Waals surface area contributed by atoms with E-state index in [9.17, 15) is 0 Å². The highest BCUT2D eigenvalue weighted by molar-refractivity contribution is 7.15. The zero-order valence-corrected chi connectivity index (χ0v) is 11.0. The van der Waals surface area contributed by atoms with Gasteiger partial charge in [-0.1, -0.05) is 0 Å². The molecule has 2 N–H and O–H groups in total. The Balaban J connectivity index is 1.96. The van der Waals surface area contributed by atoms with Gasteiger partial charge >= 0.3 is 0 Å². The third-order valence-electron chi connectivity index (χ3n) is 3.19. The zero-order chi connectivity index (χ0) is 12.5. The van der Waals surface area contributed by atoms with Crippen molar-refractivity contribution in [1.29, 1.82) is 0 Å². The van der Waals surface area contributed by atoms with Gasteiger partial charge < -0.3 is 10.5 Å². The van der Waals surface area contributed by atoms with Crippen molar-refractivity contribution in [2.24, 2.45) is 5.73 Å². The highest BCUT2D eigenvalue weighted by atomic mass is 32.1. The Hall–Kier alpha value is -1.46. The van der Waals surface area contributed by atoms with Crippen molar-refractivity contribution in [2.75, 3.05) is 7.11 Å². The minimum atomic E-state index is 0.159. The maximum Gasteiger partial charge on any atom is 0.212 e. The number of aryl methyl sites for hydroxylation is 1. The van der Waals surface area contributed by atoms with Crippen molar-refractivity contribution in [3.05, 3.63) is 28.9 Å². The quantitative estimate of drug-likeness (QED) is 0.902. The van der Waals surface area contributed by atoms with Crippen LogP contribution in [0.2, 0.25) is 0 Å². The summed E-state index contributed by atoms with van der Waals surface area (Å²) in [5.41, 5.74) is 8.32. The molecule has 0 aliphatic heterocycles. The lowest BCUT2D eigenvalue weighted by molar-refractivity contribution is 0.398. The first-order valence-electron chi connectivity index (χ1n) is 6.03. The maximum atomic E-state index is 6.12. The number of rotatable bonds is 2. The Labute approximate surface area is 110 Å². The van der Waals surface area contributed by atoms with Gasteiger partial charge in [0.1, 0.15) is 5.01 Å². The molecule has 0 spiro atoms. The van der Waals surface area contributed by atoms with Crippen molar-refractivity contribution in [3.63, 3.8) is 0 Å². The topological polar surface area (TPSA) is 61.0 Å². The SMILES string of the molecule is COc1ccc(-c2nc3c(s2)C(N)CCC3)cn1. The molecule has 4 nitrogen and oxygen atoms in total. The zero-order valence-electron chi connectivity index (χ0n) is 10.2. The van der Waals surface area contributed by atoms with Gasteiger partial charge in [0.25, 0.3) is 0 Å². The number of methoxy groups -OCH3 is 1. The molecule has 0 saturated carbocycles. The van der Waals surface area contributed by atoms with Gasteiger partial charge in [0.2, 0.25) is 5.88 Å². The van der Waals surface area contributed by atoms with E-state index in [-0.39, 0.29) is 6.04 Å². The lowest BCUT2D eigenvalue weighted by atomic mass is 9.99. The predicted molar refractivity (Wildman–Crippen MR) is 71.8 cm³/mol. The number of hydrogen-bond donors (Lipinski definition) is 1. The molecule has 2 aromatic rings. The van der Waals surface area contributed by atoms with Crippen LogP contribution in [0.5, 0.6) is 5.88 Å². The average Bonchev–Trinajstić information content (AvgIpc) is 2.84. The Morgan fingerprint density at radius 3 is 3.00 bits per heavy atom. The molecule has 5 heteroatoms. The number of nitrogens with two attached hydrogens (primary N) is 1. The molecule has 0 fully saturated rings. The van der Waals surface area contributed by atoms with Crippen LogP contribution in [0.25, 0.3) is 10.6 Å². The second-order valence-electron chi connectivity index (χ2n) is 4.42. The van der Waals surface area contributed by atoms with Crippen molar-refractivity contribution in [3.8, 4) is 16.5 Å². The first kappa shape index (κ1) is 11.6. The van der Waals surface area contributed by atoms with E-state index in [4.69, 9.17) is 10.5 Å². The van der Waals surface area contributed by atoms with Crippen LogP contribution in [-0.2, 0) is 6.42 Å². The van der Waals surface area contributed by atoms with Gasteiger partial charge in [0, 0.05) is 28.7 Å². The monoisotopic (exact) mass is 261 g/mol. The minimum Gasteiger partial charge on any atom is -0.481 e. The molecule has 0 amide bonds. The van der Waals surface area contributed by atoms with E-state index in [1.165, 1.54) is 10.6 Å². The number of thiazole rings is 1. The number of nitrogens with zero attached hydrogens (tertiary/aromatic N) is 2. The number of aromatic nitrogens is 2. The second kappa shape index (κ2) is 4.66. The van der Waals surface area contributed by atoms with Crippen LogP contribution in [0.1, 0.15) is 29.5 Å². The summed E-state index contributed by atoms with van der Waals surface area (Å²) >= 11 is 1.69. The van der Waals surface area contributed by atoms with Crippen LogP contribution in [-0.4, -0.2) is 17.1 Å². The third-order valence-corrected chi connectivity index (χ3v) is 4.46. The van der Waals surface area contributed by atoms with Crippen molar-refractivity contribution in [1.82, 2.24) is 9.97 Å². The van der Waals surface area contributed by atoms with E-state index in [0.29, 0.717) is 5.88 Å². The van der Waals surface area contributed by atoms with E-state index >= 15 is 0 Å². The molecule has 3 rings (SSSR count). The highest BCUT2D eigenvalue weighted by Crippen LogP contribution is 2.36. The van der Waals surface area contributed by atoms with E-state index in [0.717, 1.165) is 29.8 Å². The van der Waals surface area contributed by atoms with E-state index < -0.39 is 0 Å². The molecule has 2 heterocycles. The predicted octanol–water partition coefficient (Wildman–Crippen LogP) is 2.55. The summed E-state index contributed by atoms with van der Waals surface area (Å²) in [6.07, 6.45) is 5.05. The Morgan fingerprint density at radius 1 is 1.44 bits per heavy atom. The van der Waals surface area contributed by atoms with Crippen LogP contribution >= 0.6 is 11.3 Å². The van der Waals surface area contributed by atoms with Gasteiger partial charge in [-0.15, -0.1) is 11.3 Å². The first-order valence-corrected chi connectivity index (χ1v) is 6.85. The van der Waals surface area contributed by atoms with Crippen LogP contribution in [0.3, 0.4) is 0 Å². The van der Waals surface area contributed by atoms with Crippen molar-refractivity contribution < 1.29 is 4.74 Å². The largest absolute Gasteiger partial charge is 0.481 e. The molecule has 2 aromatic heterocycles. The number of fused-ring (bicyclic) bond motifs is 1. The van der Waals surface area contributed by atoms with E-state index in [1.54, 1.807) is 24.6 Å². The molecule has 0 bridgehead atoms. The van der Waals surface area contributed by atoms with Gasteiger partial charge in [0.15, 0.2) is 0 Å². The van der Waals surface area contributed by atoms with Crippen molar-refractivity contribution >= 4 is 11.3 Å².